The number of amides is 3. The van der Waals surface area contributed by atoms with E-state index in [-0.39, 0.29) is 18.0 Å². The minimum atomic E-state index is -0.587. The van der Waals surface area contributed by atoms with Crippen molar-refractivity contribution in [1.29, 1.82) is 0 Å². The Hall–Kier alpha value is -1.92. The van der Waals surface area contributed by atoms with Crippen molar-refractivity contribution >= 4 is 11.9 Å². The van der Waals surface area contributed by atoms with Gasteiger partial charge in [-0.3, -0.25) is 9.69 Å². The van der Waals surface area contributed by atoms with Crippen molar-refractivity contribution in [3.63, 3.8) is 0 Å². The third-order valence-corrected chi connectivity index (χ3v) is 6.11. The lowest BCUT2D eigenvalue weighted by Gasteiger charge is -2.36. The molecule has 0 bridgehead atoms. The van der Waals surface area contributed by atoms with E-state index in [0.29, 0.717) is 6.54 Å². The van der Waals surface area contributed by atoms with Gasteiger partial charge in [0.2, 0.25) is 0 Å². The second-order valence-corrected chi connectivity index (χ2v) is 7.30. The molecule has 1 aliphatic carbocycles. The van der Waals surface area contributed by atoms with Gasteiger partial charge in [-0.05, 0) is 19.3 Å². The molecule has 2 fully saturated rings. The molecule has 1 unspecified atom stereocenters. The Morgan fingerprint density at radius 1 is 1.17 bits per heavy atom. The van der Waals surface area contributed by atoms with Gasteiger partial charge in [-0.25, -0.2) is 4.79 Å². The van der Waals surface area contributed by atoms with E-state index in [2.05, 4.69) is 21.7 Å². The second kappa shape index (κ2) is 5.57. The highest BCUT2D eigenvalue weighted by Crippen LogP contribution is 2.41. The Morgan fingerprint density at radius 3 is 2.62 bits per heavy atom. The van der Waals surface area contributed by atoms with Gasteiger partial charge < -0.3 is 9.47 Å². The molecule has 0 radical (unpaired) electrons. The standard InChI is InChI=1S/C17H25N5O2/c1-3-13-18-19-14-8-7-12(11-21(13)14)22-15(23)17(20(2)16(22)24)9-5-4-6-10-17/h12H,3-11H2,1-2H3. The summed E-state index contributed by atoms with van der Waals surface area (Å²) < 4.78 is 2.10. The third kappa shape index (κ3) is 2.03. The molecule has 7 heteroatoms. The van der Waals surface area contributed by atoms with Crippen LogP contribution in [0.3, 0.4) is 0 Å². The number of hydrogen-bond donors (Lipinski definition) is 0. The zero-order chi connectivity index (χ0) is 16.9. The normalized spacial score (nSPS) is 26.3. The van der Waals surface area contributed by atoms with E-state index in [4.69, 9.17) is 0 Å². The molecule has 0 N–H and O–H groups in total. The number of nitrogens with zero attached hydrogens (tertiary/aromatic N) is 5. The summed E-state index contributed by atoms with van der Waals surface area (Å²) in [5.41, 5.74) is -0.587. The first-order valence-corrected chi connectivity index (χ1v) is 9.11. The van der Waals surface area contributed by atoms with Crippen LogP contribution in [0.1, 0.15) is 57.1 Å². The van der Waals surface area contributed by atoms with Gasteiger partial charge in [-0.2, -0.15) is 0 Å². The summed E-state index contributed by atoms with van der Waals surface area (Å²) in [4.78, 5) is 29.4. The first kappa shape index (κ1) is 15.6. The van der Waals surface area contributed by atoms with Crippen LogP contribution in [0.15, 0.2) is 0 Å². The largest absolute Gasteiger partial charge is 0.327 e. The average Bonchev–Trinajstić information content (AvgIpc) is 3.10. The number of rotatable bonds is 2. The summed E-state index contributed by atoms with van der Waals surface area (Å²) in [6, 6.07) is -0.205. The lowest BCUT2D eigenvalue weighted by atomic mass is 9.80. The van der Waals surface area contributed by atoms with E-state index in [1.165, 1.54) is 0 Å². The first-order chi connectivity index (χ1) is 11.6. The zero-order valence-electron chi connectivity index (χ0n) is 14.5. The SMILES string of the molecule is CCc1nnc2n1CC(N1C(=O)N(C)C3(CCCCC3)C1=O)CC2. The molecule has 130 valence electrons. The van der Waals surface area contributed by atoms with Crippen LogP contribution in [0.25, 0.3) is 0 Å². The molecular weight excluding hydrogens is 306 g/mol. The molecule has 0 aromatic carbocycles. The maximum absolute atomic E-state index is 13.2. The lowest BCUT2D eigenvalue weighted by Crippen LogP contribution is -2.50. The molecule has 1 aromatic heterocycles. The van der Waals surface area contributed by atoms with Crippen molar-refractivity contribution in [3.8, 4) is 0 Å². The number of urea groups is 1. The summed E-state index contributed by atoms with van der Waals surface area (Å²) in [5.74, 6) is 1.94. The van der Waals surface area contributed by atoms with Crippen LogP contribution < -0.4 is 0 Å². The number of fused-ring (bicyclic) bond motifs is 1. The van der Waals surface area contributed by atoms with Crippen molar-refractivity contribution in [1.82, 2.24) is 24.6 Å². The van der Waals surface area contributed by atoms with E-state index in [1.54, 1.807) is 16.8 Å². The summed E-state index contributed by atoms with van der Waals surface area (Å²) in [6.07, 6.45) is 7.17. The molecule has 1 spiro atoms. The molecule has 1 saturated heterocycles. The highest BCUT2D eigenvalue weighted by atomic mass is 16.2. The fraction of sp³-hybridized carbons (Fsp3) is 0.765. The molecule has 3 amide bonds. The molecule has 24 heavy (non-hydrogen) atoms. The van der Waals surface area contributed by atoms with E-state index in [0.717, 1.165) is 63.0 Å². The Kier molecular flexibility index (Phi) is 3.62. The van der Waals surface area contributed by atoms with Gasteiger partial charge in [0.15, 0.2) is 0 Å². The fourth-order valence-electron chi connectivity index (χ4n) is 4.65. The molecule has 7 nitrogen and oxygen atoms in total. The van der Waals surface area contributed by atoms with E-state index >= 15 is 0 Å². The fourth-order valence-corrected chi connectivity index (χ4v) is 4.65. The van der Waals surface area contributed by atoms with Crippen molar-refractivity contribution in [2.45, 2.75) is 76.4 Å². The Morgan fingerprint density at radius 2 is 1.92 bits per heavy atom. The lowest BCUT2D eigenvalue weighted by molar-refractivity contribution is -0.136. The van der Waals surface area contributed by atoms with Crippen LogP contribution in [0.4, 0.5) is 4.79 Å². The van der Waals surface area contributed by atoms with Gasteiger partial charge in [0.05, 0.1) is 6.04 Å². The maximum Gasteiger partial charge on any atom is 0.327 e. The minimum absolute atomic E-state index is 0.0225. The summed E-state index contributed by atoms with van der Waals surface area (Å²) in [7, 11) is 1.80. The van der Waals surface area contributed by atoms with Crippen molar-refractivity contribution in [2.24, 2.45) is 0 Å². The first-order valence-electron chi connectivity index (χ1n) is 9.11. The number of carbonyl (C=O) groups excluding carboxylic acids is 2. The van der Waals surface area contributed by atoms with Gasteiger partial charge in [0.25, 0.3) is 5.91 Å². The van der Waals surface area contributed by atoms with Gasteiger partial charge in [0.1, 0.15) is 17.2 Å². The van der Waals surface area contributed by atoms with E-state index in [1.807, 2.05) is 0 Å². The van der Waals surface area contributed by atoms with Crippen LogP contribution in [0, 0.1) is 0 Å². The average molecular weight is 331 g/mol. The molecule has 3 aliphatic rings. The van der Waals surface area contributed by atoms with E-state index in [9.17, 15) is 9.59 Å². The Balaban J connectivity index is 1.63. The number of hydrogen-bond acceptors (Lipinski definition) is 4. The predicted molar refractivity (Wildman–Crippen MR) is 87.3 cm³/mol. The van der Waals surface area contributed by atoms with Crippen molar-refractivity contribution in [2.75, 3.05) is 7.05 Å². The second-order valence-electron chi connectivity index (χ2n) is 7.30. The molecule has 3 heterocycles. The topological polar surface area (TPSA) is 71.3 Å². The monoisotopic (exact) mass is 331 g/mol. The van der Waals surface area contributed by atoms with Crippen LogP contribution in [-0.2, 0) is 24.2 Å². The summed E-state index contributed by atoms with van der Waals surface area (Å²) >= 11 is 0. The smallest absolute Gasteiger partial charge is 0.313 e. The molecule has 1 atom stereocenters. The van der Waals surface area contributed by atoms with Crippen molar-refractivity contribution in [3.05, 3.63) is 11.6 Å². The van der Waals surface area contributed by atoms with E-state index < -0.39 is 5.54 Å². The Bertz CT molecular complexity index is 663. The number of imide groups is 1. The van der Waals surface area contributed by atoms with Gasteiger partial charge in [0, 0.05) is 26.4 Å². The Labute approximate surface area is 142 Å². The molecular formula is C17H25N5O2. The number of carbonyl (C=O) groups is 2. The third-order valence-electron chi connectivity index (χ3n) is 6.11. The highest BCUT2D eigenvalue weighted by molar-refractivity contribution is 6.07. The molecule has 1 saturated carbocycles. The number of likely N-dealkylation sites (N-methyl/N-ethyl adjacent to an activating group) is 1. The van der Waals surface area contributed by atoms with Gasteiger partial charge >= 0.3 is 6.03 Å². The van der Waals surface area contributed by atoms with Gasteiger partial charge in [-0.15, -0.1) is 10.2 Å². The molecule has 2 aliphatic heterocycles. The van der Waals surface area contributed by atoms with Crippen molar-refractivity contribution < 1.29 is 9.59 Å². The number of aromatic nitrogens is 3. The quantitative estimate of drug-likeness (QED) is 0.774. The van der Waals surface area contributed by atoms with Crippen LogP contribution >= 0.6 is 0 Å². The highest BCUT2D eigenvalue weighted by Gasteiger charge is 2.57. The maximum atomic E-state index is 13.2. The summed E-state index contributed by atoms with van der Waals surface area (Å²) in [6.45, 7) is 2.69. The zero-order valence-corrected chi connectivity index (χ0v) is 14.5. The predicted octanol–water partition coefficient (Wildman–Crippen LogP) is 1.75. The summed E-state index contributed by atoms with van der Waals surface area (Å²) in [5, 5.41) is 8.47. The van der Waals surface area contributed by atoms with Crippen LogP contribution in [0.5, 0.6) is 0 Å². The number of aryl methyl sites for hydroxylation is 2. The molecule has 1 aromatic rings. The van der Waals surface area contributed by atoms with Gasteiger partial charge in [-0.1, -0.05) is 26.2 Å². The van der Waals surface area contributed by atoms with Crippen LogP contribution in [-0.4, -0.2) is 55.1 Å². The van der Waals surface area contributed by atoms with Crippen LogP contribution in [0.2, 0.25) is 0 Å². The minimum Gasteiger partial charge on any atom is -0.313 e. The molecule has 4 rings (SSSR count).